The van der Waals surface area contributed by atoms with E-state index < -0.39 is 0 Å². The van der Waals surface area contributed by atoms with Crippen molar-refractivity contribution in [3.8, 4) is 11.5 Å². The van der Waals surface area contributed by atoms with Gasteiger partial charge < -0.3 is 25.0 Å². The number of aliphatic imine (C=N–C) groups is 1. The van der Waals surface area contributed by atoms with E-state index in [-0.39, 0.29) is 24.0 Å². The van der Waals surface area contributed by atoms with Crippen molar-refractivity contribution in [2.24, 2.45) is 4.99 Å². The predicted molar refractivity (Wildman–Crippen MR) is 127 cm³/mol. The zero-order valence-corrected chi connectivity index (χ0v) is 19.5. The number of hydrogen-bond acceptors (Lipinski definition) is 5. The smallest absolute Gasteiger partial charge is 0.196 e. The van der Waals surface area contributed by atoms with Crippen molar-refractivity contribution in [3.05, 3.63) is 42.1 Å². The highest BCUT2D eigenvalue weighted by molar-refractivity contribution is 14.0. The summed E-state index contributed by atoms with van der Waals surface area (Å²) >= 11 is 0. The lowest BCUT2D eigenvalue weighted by Crippen LogP contribution is -2.30. The van der Waals surface area contributed by atoms with E-state index in [1.807, 2.05) is 63.2 Å². The molecule has 0 saturated carbocycles. The second-order valence-corrected chi connectivity index (χ2v) is 6.04. The summed E-state index contributed by atoms with van der Waals surface area (Å²) in [7, 11) is 5.58. The molecule has 0 spiro atoms. The lowest BCUT2D eigenvalue weighted by atomic mass is 10.2. The Morgan fingerprint density at radius 1 is 1.14 bits per heavy atom. The highest BCUT2D eigenvalue weighted by Gasteiger charge is 2.07. The molecule has 2 rings (SSSR count). The lowest BCUT2D eigenvalue weighted by Gasteiger charge is -2.15. The Morgan fingerprint density at radius 3 is 2.57 bits per heavy atom. The van der Waals surface area contributed by atoms with Gasteiger partial charge in [0.1, 0.15) is 5.82 Å². The maximum atomic E-state index is 5.56. The van der Waals surface area contributed by atoms with E-state index in [1.165, 1.54) is 0 Å². The van der Waals surface area contributed by atoms with E-state index in [0.717, 1.165) is 29.4 Å². The first kappa shape index (κ1) is 23.8. The van der Waals surface area contributed by atoms with Crippen molar-refractivity contribution in [2.45, 2.75) is 20.4 Å². The Labute approximate surface area is 184 Å². The number of nitrogens with zero attached hydrogens (tertiary/aromatic N) is 3. The van der Waals surface area contributed by atoms with E-state index in [1.54, 1.807) is 13.3 Å². The minimum absolute atomic E-state index is 0. The van der Waals surface area contributed by atoms with Gasteiger partial charge >= 0.3 is 0 Å². The van der Waals surface area contributed by atoms with Gasteiger partial charge in [-0.15, -0.1) is 24.0 Å². The van der Waals surface area contributed by atoms with Crippen LogP contribution in [0.1, 0.15) is 19.4 Å². The summed E-state index contributed by atoms with van der Waals surface area (Å²) in [6, 6.07) is 9.73. The molecule has 154 valence electrons. The summed E-state index contributed by atoms with van der Waals surface area (Å²) in [5, 5.41) is 6.57. The van der Waals surface area contributed by atoms with Gasteiger partial charge in [-0.3, -0.25) is 0 Å². The van der Waals surface area contributed by atoms with Gasteiger partial charge in [0.25, 0.3) is 0 Å². The molecule has 0 saturated heterocycles. The molecule has 1 heterocycles. The number of hydrogen-bond donors (Lipinski definition) is 2. The van der Waals surface area contributed by atoms with Crippen molar-refractivity contribution in [2.75, 3.05) is 44.6 Å². The average molecular weight is 499 g/mol. The van der Waals surface area contributed by atoms with Crippen LogP contribution in [0.25, 0.3) is 0 Å². The van der Waals surface area contributed by atoms with Gasteiger partial charge in [0, 0.05) is 38.6 Å². The third-order valence-electron chi connectivity index (χ3n) is 3.76. The maximum absolute atomic E-state index is 5.56. The number of guanidine groups is 1. The lowest BCUT2D eigenvalue weighted by molar-refractivity contribution is 0.311. The van der Waals surface area contributed by atoms with E-state index >= 15 is 0 Å². The third kappa shape index (κ3) is 7.06. The Hall–Kier alpha value is -2.23. The fraction of sp³-hybridized carbons (Fsp3) is 0.400. The summed E-state index contributed by atoms with van der Waals surface area (Å²) in [6.07, 6.45) is 1.80. The Balaban J connectivity index is 0.00000392. The molecular weight excluding hydrogens is 469 g/mol. The highest BCUT2D eigenvalue weighted by Crippen LogP contribution is 2.30. The maximum Gasteiger partial charge on any atom is 0.196 e. The van der Waals surface area contributed by atoms with E-state index in [2.05, 4.69) is 20.6 Å². The Bertz CT molecular complexity index is 768. The molecule has 0 unspecified atom stereocenters. The average Bonchev–Trinajstić information content (AvgIpc) is 2.67. The van der Waals surface area contributed by atoms with Crippen LogP contribution in [0.3, 0.4) is 0 Å². The van der Waals surface area contributed by atoms with Crippen molar-refractivity contribution in [3.63, 3.8) is 0 Å². The number of pyridine rings is 1. The fourth-order valence-corrected chi connectivity index (χ4v) is 2.44. The highest BCUT2D eigenvalue weighted by atomic mass is 127. The van der Waals surface area contributed by atoms with Gasteiger partial charge in [0.2, 0.25) is 0 Å². The van der Waals surface area contributed by atoms with Crippen LogP contribution in [-0.2, 0) is 6.54 Å². The summed E-state index contributed by atoms with van der Waals surface area (Å²) in [6.45, 7) is 5.88. The van der Waals surface area contributed by atoms with Crippen LogP contribution in [0.15, 0.2) is 41.5 Å². The predicted octanol–water partition coefficient (Wildman–Crippen LogP) is 3.75. The normalized spacial score (nSPS) is 10.7. The molecule has 28 heavy (non-hydrogen) atoms. The number of methoxy groups -OCH3 is 1. The molecule has 0 bridgehead atoms. The summed E-state index contributed by atoms with van der Waals surface area (Å²) in [5.41, 5.74) is 1.97. The number of rotatable bonds is 8. The summed E-state index contributed by atoms with van der Waals surface area (Å²) < 4.78 is 11.0. The monoisotopic (exact) mass is 499 g/mol. The minimum atomic E-state index is 0. The molecule has 8 heteroatoms. The molecule has 1 aromatic carbocycles. The third-order valence-corrected chi connectivity index (χ3v) is 3.76. The molecular formula is C20H30IN5O2. The second-order valence-electron chi connectivity index (χ2n) is 6.04. The van der Waals surface area contributed by atoms with Gasteiger partial charge in [-0.25, -0.2) is 9.98 Å². The zero-order valence-electron chi connectivity index (χ0n) is 17.2. The molecule has 0 fully saturated rings. The molecule has 0 radical (unpaired) electrons. The molecule has 0 aliphatic heterocycles. The van der Waals surface area contributed by atoms with Crippen molar-refractivity contribution < 1.29 is 9.47 Å². The molecule has 1 aromatic heterocycles. The molecule has 0 atom stereocenters. The first-order chi connectivity index (χ1) is 13.1. The summed E-state index contributed by atoms with van der Waals surface area (Å²) in [4.78, 5) is 11.0. The minimum Gasteiger partial charge on any atom is -0.493 e. The first-order valence-electron chi connectivity index (χ1n) is 9.05. The summed E-state index contributed by atoms with van der Waals surface area (Å²) in [5.74, 6) is 3.02. The number of nitrogens with one attached hydrogen (secondary N) is 2. The van der Waals surface area contributed by atoms with Crippen molar-refractivity contribution in [1.29, 1.82) is 0 Å². The SMILES string of the molecule is CCNC(=NCc1ccnc(N(C)C)c1)Nc1ccc(OCC)c(OC)c1.I. The molecule has 7 nitrogen and oxygen atoms in total. The van der Waals surface area contributed by atoms with Crippen LogP contribution in [-0.4, -0.2) is 45.3 Å². The standard InChI is InChI=1S/C20H29N5O2.HI/c1-6-21-20(23-14-15-10-11-22-19(12-15)25(3)4)24-16-8-9-17(27-7-2)18(13-16)26-5;/h8-13H,6-7,14H2,1-5H3,(H2,21,23,24);1H. The fourth-order valence-electron chi connectivity index (χ4n) is 2.44. The molecule has 0 aliphatic rings. The van der Waals surface area contributed by atoms with Crippen LogP contribution < -0.4 is 25.0 Å². The Kier molecular flexibility index (Phi) is 10.4. The van der Waals surface area contributed by atoms with Gasteiger partial charge in [-0.2, -0.15) is 0 Å². The number of halogens is 1. The first-order valence-corrected chi connectivity index (χ1v) is 9.05. The van der Waals surface area contributed by atoms with E-state index in [9.17, 15) is 0 Å². The van der Waals surface area contributed by atoms with Crippen LogP contribution >= 0.6 is 24.0 Å². The number of aromatic nitrogens is 1. The van der Waals surface area contributed by atoms with Crippen LogP contribution in [0.2, 0.25) is 0 Å². The van der Waals surface area contributed by atoms with Gasteiger partial charge in [0.05, 0.1) is 20.3 Å². The van der Waals surface area contributed by atoms with Crippen molar-refractivity contribution >= 4 is 41.4 Å². The molecule has 2 N–H and O–H groups in total. The van der Waals surface area contributed by atoms with Crippen molar-refractivity contribution in [1.82, 2.24) is 10.3 Å². The molecule has 0 amide bonds. The van der Waals surface area contributed by atoms with Crippen LogP contribution in [0, 0.1) is 0 Å². The van der Waals surface area contributed by atoms with E-state index in [4.69, 9.17) is 9.47 Å². The van der Waals surface area contributed by atoms with Crippen LogP contribution in [0.5, 0.6) is 11.5 Å². The Morgan fingerprint density at radius 2 is 1.93 bits per heavy atom. The molecule has 0 aliphatic carbocycles. The van der Waals surface area contributed by atoms with E-state index in [0.29, 0.717) is 24.9 Å². The van der Waals surface area contributed by atoms with Crippen LogP contribution in [0.4, 0.5) is 11.5 Å². The van der Waals surface area contributed by atoms with Gasteiger partial charge in [-0.1, -0.05) is 0 Å². The second kappa shape index (κ2) is 12.3. The quantitative estimate of drug-likeness (QED) is 0.328. The number of ether oxygens (including phenoxy) is 2. The topological polar surface area (TPSA) is 71.0 Å². The number of anilines is 2. The largest absolute Gasteiger partial charge is 0.493 e. The number of benzene rings is 1. The van der Waals surface area contributed by atoms with Gasteiger partial charge in [-0.05, 0) is 43.7 Å². The molecule has 2 aromatic rings. The zero-order chi connectivity index (χ0) is 19.6. The van der Waals surface area contributed by atoms with Gasteiger partial charge in [0.15, 0.2) is 17.5 Å².